The molecule has 234 valence electrons. The van der Waals surface area contributed by atoms with E-state index in [1.165, 1.54) is 141 Å². The van der Waals surface area contributed by atoms with Crippen LogP contribution in [0.1, 0.15) is 168 Å². The molecule has 0 radical (unpaired) electrons. The van der Waals surface area contributed by atoms with Crippen molar-refractivity contribution < 1.29 is 19.1 Å². The zero-order valence-electron chi connectivity index (χ0n) is 27.2. The number of ether oxygens (including phenoxy) is 2. The lowest BCUT2D eigenvalue weighted by Gasteiger charge is -2.29. The minimum atomic E-state index is 0.0706. The standard InChI is InChI=1S/C35H71NO3/c1-5-7-9-11-13-15-17-19-21-23-25-27-31-38-34-35(33-36(3,4)29-30-37)39-32-28-26-24-22-20-18-16-14-12-10-8-6-2/h29-30,35H,5-28,31-34H2,1-4H3/p+1. The van der Waals surface area contributed by atoms with E-state index in [4.69, 9.17) is 9.47 Å². The van der Waals surface area contributed by atoms with Crippen molar-refractivity contribution in [2.75, 3.05) is 40.5 Å². The van der Waals surface area contributed by atoms with Gasteiger partial charge in [-0.25, -0.2) is 0 Å². The Labute approximate surface area is 245 Å². The van der Waals surface area contributed by atoms with Gasteiger partial charge in [-0.15, -0.1) is 0 Å². The van der Waals surface area contributed by atoms with Gasteiger partial charge in [0.25, 0.3) is 0 Å². The predicted molar refractivity (Wildman–Crippen MR) is 171 cm³/mol. The zero-order valence-corrected chi connectivity index (χ0v) is 27.2. The number of unbranched alkanes of at least 4 members (excludes halogenated alkanes) is 22. The molecule has 0 aliphatic carbocycles. The fourth-order valence-corrected chi connectivity index (χ4v) is 5.37. The van der Waals surface area contributed by atoms with Crippen LogP contribution in [-0.4, -0.2) is 56.2 Å². The molecule has 0 rings (SSSR count). The van der Waals surface area contributed by atoms with E-state index in [9.17, 15) is 5.11 Å². The zero-order chi connectivity index (χ0) is 28.7. The Hall–Kier alpha value is -0.580. The largest absolute Gasteiger partial charge is 0.510 e. The lowest BCUT2D eigenvalue weighted by molar-refractivity contribution is -0.843. The summed E-state index contributed by atoms with van der Waals surface area (Å²) < 4.78 is 12.9. The number of nitrogens with zero attached hydrogens (tertiary/aromatic N) is 1. The summed E-state index contributed by atoms with van der Waals surface area (Å²) in [7, 11) is 4.19. The summed E-state index contributed by atoms with van der Waals surface area (Å²) in [4.78, 5) is 0. The Morgan fingerprint density at radius 1 is 0.538 bits per heavy atom. The van der Waals surface area contributed by atoms with Crippen LogP contribution in [0.3, 0.4) is 0 Å². The Bertz CT molecular complexity index is 494. The maximum atomic E-state index is 9.25. The van der Waals surface area contributed by atoms with Crippen molar-refractivity contribution in [3.05, 3.63) is 12.5 Å². The van der Waals surface area contributed by atoms with Gasteiger partial charge in [0, 0.05) is 13.2 Å². The van der Waals surface area contributed by atoms with Crippen molar-refractivity contribution in [2.45, 2.75) is 174 Å². The van der Waals surface area contributed by atoms with E-state index in [0.29, 0.717) is 11.1 Å². The summed E-state index contributed by atoms with van der Waals surface area (Å²) in [6.07, 6.45) is 35.8. The average molecular weight is 555 g/mol. The first-order valence-corrected chi connectivity index (χ1v) is 17.4. The van der Waals surface area contributed by atoms with Crippen LogP contribution in [0.5, 0.6) is 0 Å². The van der Waals surface area contributed by atoms with E-state index in [0.717, 1.165) is 38.9 Å². The summed E-state index contributed by atoms with van der Waals surface area (Å²) in [5.74, 6) is 0. The first-order valence-electron chi connectivity index (χ1n) is 17.4. The second kappa shape index (κ2) is 30.4. The summed E-state index contributed by atoms with van der Waals surface area (Å²) in [6.45, 7) is 7.68. The lowest BCUT2D eigenvalue weighted by atomic mass is 10.1. The fraction of sp³-hybridized carbons (Fsp3) is 0.943. The first-order chi connectivity index (χ1) is 19.1. The van der Waals surface area contributed by atoms with E-state index >= 15 is 0 Å². The molecular weight excluding hydrogens is 482 g/mol. The molecule has 4 nitrogen and oxygen atoms in total. The van der Waals surface area contributed by atoms with Crippen LogP contribution in [0, 0.1) is 0 Å². The number of hydrogen-bond donors (Lipinski definition) is 1. The highest BCUT2D eigenvalue weighted by Gasteiger charge is 2.21. The van der Waals surface area contributed by atoms with Crippen molar-refractivity contribution >= 4 is 0 Å². The molecule has 1 atom stereocenters. The Kier molecular flexibility index (Phi) is 29.9. The van der Waals surface area contributed by atoms with Gasteiger partial charge in [0.15, 0.2) is 0 Å². The van der Waals surface area contributed by atoms with Gasteiger partial charge in [0.1, 0.15) is 25.1 Å². The van der Waals surface area contributed by atoms with Crippen LogP contribution in [-0.2, 0) is 9.47 Å². The average Bonchev–Trinajstić information content (AvgIpc) is 2.91. The van der Waals surface area contributed by atoms with Gasteiger partial charge >= 0.3 is 0 Å². The second-order valence-corrected chi connectivity index (χ2v) is 12.6. The summed E-state index contributed by atoms with van der Waals surface area (Å²) in [5.41, 5.74) is 0. The van der Waals surface area contributed by atoms with E-state index in [-0.39, 0.29) is 6.10 Å². The topological polar surface area (TPSA) is 38.7 Å². The van der Waals surface area contributed by atoms with Gasteiger partial charge < -0.3 is 14.6 Å². The molecule has 39 heavy (non-hydrogen) atoms. The lowest BCUT2D eigenvalue weighted by Crippen LogP contribution is -2.43. The quantitative estimate of drug-likeness (QED) is 0.0510. The van der Waals surface area contributed by atoms with E-state index < -0.39 is 0 Å². The van der Waals surface area contributed by atoms with Gasteiger partial charge in [-0.1, -0.05) is 155 Å². The molecule has 0 spiro atoms. The highest BCUT2D eigenvalue weighted by molar-refractivity contribution is 4.64. The molecule has 0 aliphatic heterocycles. The number of hydrogen-bond acceptors (Lipinski definition) is 3. The Balaban J connectivity index is 3.83. The molecule has 0 fully saturated rings. The second-order valence-electron chi connectivity index (χ2n) is 12.6. The molecule has 0 saturated carbocycles. The van der Waals surface area contributed by atoms with Crippen LogP contribution < -0.4 is 0 Å². The van der Waals surface area contributed by atoms with Crippen LogP contribution in [0.25, 0.3) is 0 Å². The smallest absolute Gasteiger partial charge is 0.132 e. The van der Waals surface area contributed by atoms with Crippen LogP contribution >= 0.6 is 0 Å². The molecular formula is C35H72NO3+. The van der Waals surface area contributed by atoms with Crippen molar-refractivity contribution in [1.82, 2.24) is 0 Å². The summed E-state index contributed by atoms with van der Waals surface area (Å²) >= 11 is 0. The number of aliphatic hydroxyl groups is 1. The van der Waals surface area contributed by atoms with Gasteiger partial charge in [0.2, 0.25) is 0 Å². The molecule has 0 aromatic rings. The molecule has 0 saturated heterocycles. The number of quaternary nitrogens is 1. The fourth-order valence-electron chi connectivity index (χ4n) is 5.37. The third-order valence-corrected chi connectivity index (χ3v) is 7.94. The maximum Gasteiger partial charge on any atom is 0.132 e. The normalized spacial score (nSPS) is 13.0. The summed E-state index contributed by atoms with van der Waals surface area (Å²) in [6, 6.07) is 0. The monoisotopic (exact) mass is 555 g/mol. The van der Waals surface area contributed by atoms with Gasteiger partial charge in [-0.3, -0.25) is 4.48 Å². The molecule has 0 heterocycles. The Morgan fingerprint density at radius 3 is 1.28 bits per heavy atom. The Morgan fingerprint density at radius 2 is 0.897 bits per heavy atom. The minimum absolute atomic E-state index is 0.0706. The van der Waals surface area contributed by atoms with Crippen LogP contribution in [0.15, 0.2) is 12.5 Å². The number of aliphatic hydroxyl groups excluding tert-OH is 1. The van der Waals surface area contributed by atoms with E-state index in [1.54, 1.807) is 0 Å². The van der Waals surface area contributed by atoms with Crippen molar-refractivity contribution in [3.63, 3.8) is 0 Å². The van der Waals surface area contributed by atoms with E-state index in [1.807, 2.05) is 6.20 Å². The van der Waals surface area contributed by atoms with Crippen LogP contribution in [0.2, 0.25) is 0 Å². The SMILES string of the molecule is CCCCCCCCCCCCCCOCC(C[N+](C)(C)C=CO)OCCCCCCCCCCCCCC. The summed E-state index contributed by atoms with van der Waals surface area (Å²) in [5, 5.41) is 9.25. The predicted octanol–water partition coefficient (Wildman–Crippen LogP) is 10.9. The third-order valence-electron chi connectivity index (χ3n) is 7.94. The molecule has 1 N–H and O–H groups in total. The molecule has 0 aliphatic rings. The van der Waals surface area contributed by atoms with Gasteiger partial charge in [0.05, 0.1) is 20.7 Å². The van der Waals surface area contributed by atoms with Gasteiger partial charge in [-0.2, -0.15) is 0 Å². The molecule has 4 heteroatoms. The van der Waals surface area contributed by atoms with E-state index in [2.05, 4.69) is 27.9 Å². The minimum Gasteiger partial charge on any atom is -0.510 e. The third kappa shape index (κ3) is 30.2. The molecule has 1 unspecified atom stereocenters. The number of rotatable bonds is 32. The molecule has 0 bridgehead atoms. The van der Waals surface area contributed by atoms with Crippen LogP contribution in [0.4, 0.5) is 0 Å². The first kappa shape index (κ1) is 38.4. The van der Waals surface area contributed by atoms with Crippen molar-refractivity contribution in [3.8, 4) is 0 Å². The molecule has 0 aromatic carbocycles. The van der Waals surface area contributed by atoms with Gasteiger partial charge in [-0.05, 0) is 12.8 Å². The molecule has 0 aromatic heterocycles. The molecule has 0 amide bonds. The number of likely N-dealkylation sites (N-methyl/N-ethyl adjacent to an activating group) is 1. The van der Waals surface area contributed by atoms with Crippen molar-refractivity contribution in [1.29, 1.82) is 0 Å². The highest BCUT2D eigenvalue weighted by Crippen LogP contribution is 2.14. The highest BCUT2D eigenvalue weighted by atomic mass is 16.5. The maximum absolute atomic E-state index is 9.25. The van der Waals surface area contributed by atoms with Crippen molar-refractivity contribution in [2.24, 2.45) is 0 Å².